The molecule has 3 nitrogen and oxygen atoms in total. The number of carboxylic acid groups (broad SMARTS) is 1. The quantitative estimate of drug-likeness (QED) is 0.750. The van der Waals surface area contributed by atoms with Gasteiger partial charge in [0.2, 0.25) is 0 Å². The Morgan fingerprint density at radius 1 is 1.64 bits per heavy atom. The number of aliphatic carboxylic acids is 1. The average molecular weight is 217 g/mol. The molecule has 4 heteroatoms. The fourth-order valence-electron chi connectivity index (χ4n) is 1.58. The predicted molar refractivity (Wildman–Crippen MR) is 59.8 cm³/mol. The Labute approximate surface area is 89.6 Å². The third kappa shape index (κ3) is 2.89. The summed E-state index contributed by atoms with van der Waals surface area (Å²) in [6.45, 7) is 4.98. The topological polar surface area (TPSA) is 49.3 Å². The fourth-order valence-corrected chi connectivity index (χ4v) is 2.79. The standard InChI is InChI=1S/C10H19NO2S/c1-8(2)6-11-10(9(12)13)4-3-5-14-7-10/h8,11H,3-7H2,1-2H3,(H,12,13). The minimum atomic E-state index is -0.689. The molecule has 1 saturated heterocycles. The number of carbonyl (C=O) groups is 1. The first-order chi connectivity index (χ1) is 6.57. The van der Waals surface area contributed by atoms with Gasteiger partial charge in [0.1, 0.15) is 5.54 Å². The lowest BCUT2D eigenvalue weighted by Gasteiger charge is -2.34. The zero-order valence-electron chi connectivity index (χ0n) is 8.88. The Hall–Kier alpha value is -0.220. The van der Waals surface area contributed by atoms with E-state index < -0.39 is 11.5 Å². The Bertz CT molecular complexity index is 200. The molecule has 2 N–H and O–H groups in total. The normalized spacial score (nSPS) is 27.9. The zero-order chi connectivity index (χ0) is 10.6. The van der Waals surface area contributed by atoms with Crippen LogP contribution in [0.15, 0.2) is 0 Å². The maximum absolute atomic E-state index is 11.2. The van der Waals surface area contributed by atoms with E-state index in [1.807, 2.05) is 0 Å². The minimum Gasteiger partial charge on any atom is -0.480 e. The fraction of sp³-hybridized carbons (Fsp3) is 0.900. The molecule has 1 rings (SSSR count). The molecule has 0 radical (unpaired) electrons. The Balaban J connectivity index is 2.56. The van der Waals surface area contributed by atoms with Crippen molar-refractivity contribution in [3.05, 3.63) is 0 Å². The first-order valence-corrected chi connectivity index (χ1v) is 6.28. The smallest absolute Gasteiger partial charge is 0.324 e. The van der Waals surface area contributed by atoms with Crippen molar-refractivity contribution in [2.45, 2.75) is 32.2 Å². The Morgan fingerprint density at radius 3 is 2.79 bits per heavy atom. The largest absolute Gasteiger partial charge is 0.480 e. The molecule has 1 unspecified atom stereocenters. The third-order valence-electron chi connectivity index (χ3n) is 2.50. The maximum atomic E-state index is 11.2. The average Bonchev–Trinajstić information content (AvgIpc) is 2.16. The van der Waals surface area contributed by atoms with Crippen LogP contribution < -0.4 is 5.32 Å². The third-order valence-corrected chi connectivity index (χ3v) is 3.77. The van der Waals surface area contributed by atoms with Crippen LogP contribution in [-0.4, -0.2) is 34.7 Å². The molecule has 14 heavy (non-hydrogen) atoms. The summed E-state index contributed by atoms with van der Waals surface area (Å²) in [5.74, 6) is 1.61. The highest BCUT2D eigenvalue weighted by Crippen LogP contribution is 2.27. The van der Waals surface area contributed by atoms with E-state index in [0.717, 1.165) is 25.1 Å². The lowest BCUT2D eigenvalue weighted by atomic mass is 9.95. The first-order valence-electron chi connectivity index (χ1n) is 5.13. The van der Waals surface area contributed by atoms with Crippen molar-refractivity contribution in [3.8, 4) is 0 Å². The van der Waals surface area contributed by atoms with Crippen LogP contribution in [-0.2, 0) is 4.79 Å². The molecule has 0 aromatic carbocycles. The van der Waals surface area contributed by atoms with E-state index in [1.165, 1.54) is 0 Å². The number of nitrogens with one attached hydrogen (secondary N) is 1. The zero-order valence-corrected chi connectivity index (χ0v) is 9.69. The summed E-state index contributed by atoms with van der Waals surface area (Å²) in [5.41, 5.74) is -0.660. The van der Waals surface area contributed by atoms with Crippen molar-refractivity contribution in [1.82, 2.24) is 5.32 Å². The summed E-state index contributed by atoms with van der Waals surface area (Å²) < 4.78 is 0. The highest BCUT2D eigenvalue weighted by atomic mass is 32.2. The lowest BCUT2D eigenvalue weighted by Crippen LogP contribution is -2.56. The molecular weight excluding hydrogens is 198 g/mol. The van der Waals surface area contributed by atoms with Crippen LogP contribution in [0, 0.1) is 5.92 Å². The molecule has 0 amide bonds. The van der Waals surface area contributed by atoms with E-state index in [4.69, 9.17) is 0 Å². The van der Waals surface area contributed by atoms with Gasteiger partial charge in [-0.3, -0.25) is 4.79 Å². The maximum Gasteiger partial charge on any atom is 0.324 e. The van der Waals surface area contributed by atoms with E-state index in [0.29, 0.717) is 11.7 Å². The van der Waals surface area contributed by atoms with Gasteiger partial charge >= 0.3 is 5.97 Å². The van der Waals surface area contributed by atoms with Crippen molar-refractivity contribution >= 4 is 17.7 Å². The van der Waals surface area contributed by atoms with Gasteiger partial charge in [0.05, 0.1) is 0 Å². The van der Waals surface area contributed by atoms with Crippen molar-refractivity contribution in [2.75, 3.05) is 18.1 Å². The second kappa shape index (κ2) is 5.03. The molecule has 1 heterocycles. The first kappa shape index (κ1) is 11.9. The Morgan fingerprint density at radius 2 is 2.36 bits per heavy atom. The number of carboxylic acids is 1. The van der Waals surface area contributed by atoms with Crippen LogP contribution in [0.25, 0.3) is 0 Å². The van der Waals surface area contributed by atoms with Crippen LogP contribution >= 0.6 is 11.8 Å². The number of hydrogen-bond acceptors (Lipinski definition) is 3. The van der Waals surface area contributed by atoms with E-state index in [1.54, 1.807) is 11.8 Å². The summed E-state index contributed by atoms with van der Waals surface area (Å²) in [6.07, 6.45) is 1.77. The van der Waals surface area contributed by atoms with Crippen LogP contribution in [0.3, 0.4) is 0 Å². The molecule has 0 bridgehead atoms. The highest BCUT2D eigenvalue weighted by Gasteiger charge is 2.39. The molecule has 82 valence electrons. The van der Waals surface area contributed by atoms with Crippen molar-refractivity contribution in [3.63, 3.8) is 0 Å². The molecule has 0 aromatic rings. The van der Waals surface area contributed by atoms with Gasteiger partial charge in [-0.2, -0.15) is 11.8 Å². The van der Waals surface area contributed by atoms with Crippen molar-refractivity contribution < 1.29 is 9.90 Å². The van der Waals surface area contributed by atoms with Crippen LogP contribution in [0.5, 0.6) is 0 Å². The number of hydrogen-bond donors (Lipinski definition) is 2. The van der Waals surface area contributed by atoms with Gasteiger partial charge in [0, 0.05) is 5.75 Å². The van der Waals surface area contributed by atoms with E-state index in [2.05, 4.69) is 19.2 Å². The van der Waals surface area contributed by atoms with E-state index >= 15 is 0 Å². The summed E-state index contributed by atoms with van der Waals surface area (Å²) in [5, 5.41) is 12.4. The summed E-state index contributed by atoms with van der Waals surface area (Å²) in [7, 11) is 0. The van der Waals surface area contributed by atoms with E-state index in [9.17, 15) is 9.90 Å². The van der Waals surface area contributed by atoms with Crippen LogP contribution in [0.4, 0.5) is 0 Å². The van der Waals surface area contributed by atoms with Gasteiger partial charge < -0.3 is 10.4 Å². The number of thioether (sulfide) groups is 1. The molecule has 0 saturated carbocycles. The second-order valence-electron chi connectivity index (χ2n) is 4.32. The van der Waals surface area contributed by atoms with Crippen LogP contribution in [0.2, 0.25) is 0 Å². The summed E-state index contributed by atoms with van der Waals surface area (Å²) >= 11 is 1.74. The Kier molecular flexibility index (Phi) is 4.26. The molecule has 1 fully saturated rings. The summed E-state index contributed by atoms with van der Waals surface area (Å²) in [4.78, 5) is 11.2. The van der Waals surface area contributed by atoms with Crippen molar-refractivity contribution in [1.29, 1.82) is 0 Å². The molecule has 0 spiro atoms. The van der Waals surface area contributed by atoms with Gasteiger partial charge in [-0.1, -0.05) is 13.8 Å². The van der Waals surface area contributed by atoms with E-state index in [-0.39, 0.29) is 0 Å². The molecule has 0 aromatic heterocycles. The molecule has 1 aliphatic rings. The molecule has 1 aliphatic heterocycles. The second-order valence-corrected chi connectivity index (χ2v) is 5.42. The highest BCUT2D eigenvalue weighted by molar-refractivity contribution is 7.99. The molecule has 1 atom stereocenters. The SMILES string of the molecule is CC(C)CNC1(C(=O)O)CCCSC1. The van der Waals surface area contributed by atoms with Gasteiger partial charge in [-0.15, -0.1) is 0 Å². The van der Waals surface area contributed by atoms with Crippen molar-refractivity contribution in [2.24, 2.45) is 5.92 Å². The van der Waals surface area contributed by atoms with Crippen LogP contribution in [0.1, 0.15) is 26.7 Å². The van der Waals surface area contributed by atoms with Gasteiger partial charge in [0.15, 0.2) is 0 Å². The lowest BCUT2D eigenvalue weighted by molar-refractivity contribution is -0.144. The monoisotopic (exact) mass is 217 g/mol. The van der Waals surface area contributed by atoms with Gasteiger partial charge in [0.25, 0.3) is 0 Å². The minimum absolute atomic E-state index is 0.498. The predicted octanol–water partition coefficient (Wildman–Crippen LogP) is 1.58. The molecule has 0 aliphatic carbocycles. The molecular formula is C10H19NO2S. The van der Waals surface area contributed by atoms with Gasteiger partial charge in [-0.25, -0.2) is 0 Å². The summed E-state index contributed by atoms with van der Waals surface area (Å²) in [6, 6.07) is 0. The van der Waals surface area contributed by atoms with Gasteiger partial charge in [-0.05, 0) is 31.1 Å². The number of rotatable bonds is 4.